The van der Waals surface area contributed by atoms with Gasteiger partial charge in [-0.25, -0.2) is 9.50 Å². The quantitative estimate of drug-likeness (QED) is 0.171. The Morgan fingerprint density at radius 2 is 1.76 bits per heavy atom. The zero-order valence-corrected chi connectivity index (χ0v) is 29.7. The van der Waals surface area contributed by atoms with Gasteiger partial charge in [0, 0.05) is 78.7 Å². The molecule has 51 heavy (non-hydrogen) atoms. The monoisotopic (exact) mass is 729 g/mol. The van der Waals surface area contributed by atoms with Crippen molar-refractivity contribution in [1.29, 1.82) is 0 Å². The minimum atomic E-state index is -0.805. The summed E-state index contributed by atoms with van der Waals surface area (Å²) in [5.74, 6) is -0.119. The minimum absolute atomic E-state index is 0.0862. The van der Waals surface area contributed by atoms with Crippen molar-refractivity contribution in [2.75, 3.05) is 26.7 Å². The number of benzene rings is 2. The number of aliphatic carboxylic acids is 1. The standard InChI is InChI=1S/C37H37Cl2N7O5/c1-44-31(20-45-14-13-22(18-45)37(49)50)43-46-19-23(15-30(46)36(44)48)25-5-3-6-26(33(25)38)27-7-4-8-28(34(27)39)29-11-9-21(35(42-29)51-2)16-40-17-24-10-12-32(47)41-24/h3-9,11,15,19,22,24,40H,10,12-14,16-18,20H2,1-2H3,(H,41,47)(H,49,50)/t22-,24-/m0/s1. The number of carbonyl (C=O) groups is 2. The maximum absolute atomic E-state index is 13.4. The number of carbonyl (C=O) groups excluding carboxylic acids is 1. The van der Waals surface area contributed by atoms with Crippen LogP contribution in [0.5, 0.6) is 5.88 Å². The topological polar surface area (TPSA) is 143 Å². The number of pyridine rings is 1. The number of likely N-dealkylation sites (tertiary alicyclic amines) is 1. The summed E-state index contributed by atoms with van der Waals surface area (Å²) in [6.45, 7) is 2.60. The zero-order valence-electron chi connectivity index (χ0n) is 28.2. The van der Waals surface area contributed by atoms with E-state index >= 15 is 0 Å². The SMILES string of the molecule is COc1nc(-c2cccc(-c3cccc(-c4cc5c(=O)n(C)c(CN6CC[C@H](C(=O)O)C6)nn5c4)c3Cl)c2Cl)ccc1CNC[C@@H]1CCC(=O)N1. The van der Waals surface area contributed by atoms with Crippen molar-refractivity contribution in [1.82, 2.24) is 34.7 Å². The number of carboxylic acid groups (broad SMARTS) is 1. The van der Waals surface area contributed by atoms with Crippen LogP contribution in [0.15, 0.2) is 65.6 Å². The highest BCUT2D eigenvalue weighted by atomic mass is 35.5. The molecule has 3 N–H and O–H groups in total. The Morgan fingerprint density at radius 1 is 1.04 bits per heavy atom. The molecule has 2 saturated heterocycles. The second kappa shape index (κ2) is 14.5. The number of amides is 1. The van der Waals surface area contributed by atoms with E-state index in [9.17, 15) is 19.5 Å². The average Bonchev–Trinajstić information content (AvgIpc) is 3.88. The molecule has 0 bridgehead atoms. The normalized spacial score (nSPS) is 17.7. The first kappa shape index (κ1) is 34.7. The fourth-order valence-corrected chi connectivity index (χ4v) is 7.54. The molecule has 2 aromatic carbocycles. The van der Waals surface area contributed by atoms with Crippen molar-refractivity contribution in [2.45, 2.75) is 38.4 Å². The van der Waals surface area contributed by atoms with Crippen molar-refractivity contribution in [2.24, 2.45) is 13.0 Å². The number of carboxylic acids is 1. The number of hydrogen-bond donors (Lipinski definition) is 3. The molecule has 7 rings (SSSR count). The number of fused-ring (bicyclic) bond motifs is 1. The first-order valence-electron chi connectivity index (χ1n) is 16.8. The average molecular weight is 731 g/mol. The van der Waals surface area contributed by atoms with Gasteiger partial charge in [0.2, 0.25) is 11.8 Å². The Kier molecular flexibility index (Phi) is 9.84. The van der Waals surface area contributed by atoms with Crippen molar-refractivity contribution in [3.8, 4) is 39.4 Å². The maximum Gasteiger partial charge on any atom is 0.307 e. The summed E-state index contributed by atoms with van der Waals surface area (Å²) in [6, 6.07) is 17.1. The Labute approximate surface area is 304 Å². The number of hydrogen-bond acceptors (Lipinski definition) is 8. The van der Waals surface area contributed by atoms with Gasteiger partial charge in [-0.05, 0) is 31.5 Å². The molecule has 0 aliphatic carbocycles. The predicted octanol–water partition coefficient (Wildman–Crippen LogP) is 5.02. The first-order chi connectivity index (χ1) is 24.6. The number of methoxy groups -OCH3 is 1. The van der Waals surface area contributed by atoms with E-state index in [-0.39, 0.29) is 17.5 Å². The largest absolute Gasteiger partial charge is 0.481 e. The van der Waals surface area contributed by atoms with Crippen LogP contribution in [-0.4, -0.2) is 73.8 Å². The highest BCUT2D eigenvalue weighted by Crippen LogP contribution is 2.42. The third kappa shape index (κ3) is 6.96. The lowest BCUT2D eigenvalue weighted by Crippen LogP contribution is -2.35. The molecular weight excluding hydrogens is 693 g/mol. The van der Waals surface area contributed by atoms with Crippen LogP contribution in [0, 0.1) is 5.92 Å². The molecule has 0 unspecified atom stereocenters. The molecule has 2 atom stereocenters. The molecule has 2 aliphatic rings. The molecule has 0 radical (unpaired) electrons. The Morgan fingerprint density at radius 3 is 2.45 bits per heavy atom. The van der Waals surface area contributed by atoms with Gasteiger partial charge >= 0.3 is 5.97 Å². The van der Waals surface area contributed by atoms with Gasteiger partial charge in [0.1, 0.15) is 11.3 Å². The van der Waals surface area contributed by atoms with Gasteiger partial charge in [0.05, 0.1) is 35.3 Å². The molecular formula is C37H37Cl2N7O5. The van der Waals surface area contributed by atoms with Crippen LogP contribution in [0.2, 0.25) is 10.0 Å². The summed E-state index contributed by atoms with van der Waals surface area (Å²) >= 11 is 14.2. The Hall–Kier alpha value is -4.75. The smallest absolute Gasteiger partial charge is 0.307 e. The lowest BCUT2D eigenvalue weighted by atomic mass is 9.97. The van der Waals surface area contributed by atoms with Gasteiger partial charge in [-0.15, -0.1) is 0 Å². The summed E-state index contributed by atoms with van der Waals surface area (Å²) in [5, 5.41) is 21.4. The van der Waals surface area contributed by atoms with Crippen molar-refractivity contribution < 1.29 is 19.4 Å². The molecule has 264 valence electrons. The molecule has 5 heterocycles. The third-order valence-corrected chi connectivity index (χ3v) is 10.5. The fourth-order valence-electron chi connectivity index (χ4n) is 6.88. The highest BCUT2D eigenvalue weighted by Gasteiger charge is 2.29. The molecule has 0 saturated carbocycles. The van der Waals surface area contributed by atoms with Crippen LogP contribution >= 0.6 is 23.2 Å². The summed E-state index contributed by atoms with van der Waals surface area (Å²) in [4.78, 5) is 43.2. The van der Waals surface area contributed by atoms with E-state index in [4.69, 9.17) is 38.0 Å². The molecule has 12 nitrogen and oxygen atoms in total. The zero-order chi connectivity index (χ0) is 35.8. The van der Waals surface area contributed by atoms with Crippen molar-refractivity contribution in [3.05, 3.63) is 92.6 Å². The van der Waals surface area contributed by atoms with Crippen LogP contribution in [0.25, 0.3) is 39.0 Å². The number of rotatable bonds is 11. The third-order valence-electron chi connectivity index (χ3n) is 9.72. The number of ether oxygens (including phenoxy) is 1. The predicted molar refractivity (Wildman–Crippen MR) is 195 cm³/mol. The van der Waals surface area contributed by atoms with E-state index in [1.165, 1.54) is 4.57 Å². The Bertz CT molecular complexity index is 2220. The van der Waals surface area contributed by atoms with Gasteiger partial charge < -0.3 is 20.5 Å². The molecule has 2 fully saturated rings. The number of aromatic nitrogens is 4. The van der Waals surface area contributed by atoms with Crippen LogP contribution < -0.4 is 20.9 Å². The van der Waals surface area contributed by atoms with E-state index in [2.05, 4.69) is 10.6 Å². The van der Waals surface area contributed by atoms with Crippen LogP contribution in [0.1, 0.15) is 30.7 Å². The lowest BCUT2D eigenvalue weighted by molar-refractivity contribution is -0.141. The van der Waals surface area contributed by atoms with Gasteiger partial charge in [0.25, 0.3) is 5.56 Å². The molecule has 3 aromatic heterocycles. The summed E-state index contributed by atoms with van der Waals surface area (Å²) in [5.41, 5.74) is 5.28. The molecule has 5 aromatic rings. The molecule has 1 amide bonds. The minimum Gasteiger partial charge on any atom is -0.481 e. The number of nitrogens with one attached hydrogen (secondary N) is 2. The number of nitrogens with zero attached hydrogens (tertiary/aromatic N) is 5. The summed E-state index contributed by atoms with van der Waals surface area (Å²) < 4.78 is 8.72. The second-order valence-corrected chi connectivity index (χ2v) is 13.8. The maximum atomic E-state index is 13.4. The summed E-state index contributed by atoms with van der Waals surface area (Å²) in [7, 11) is 3.26. The van der Waals surface area contributed by atoms with Gasteiger partial charge in [-0.1, -0.05) is 65.7 Å². The van der Waals surface area contributed by atoms with Gasteiger partial charge in [-0.3, -0.25) is 23.9 Å². The first-order valence-corrected chi connectivity index (χ1v) is 17.5. The van der Waals surface area contributed by atoms with Crippen LogP contribution in [0.4, 0.5) is 0 Å². The molecule has 2 aliphatic heterocycles. The lowest BCUT2D eigenvalue weighted by Gasteiger charge is -2.16. The van der Waals surface area contributed by atoms with E-state index < -0.39 is 11.9 Å². The van der Waals surface area contributed by atoms with Gasteiger partial charge in [-0.2, -0.15) is 5.10 Å². The molecule has 14 heteroatoms. The van der Waals surface area contributed by atoms with Crippen LogP contribution in [-0.2, 0) is 29.7 Å². The van der Waals surface area contributed by atoms with E-state index in [0.717, 1.165) is 17.5 Å². The fraction of sp³-hybridized carbons (Fsp3) is 0.324. The van der Waals surface area contributed by atoms with Crippen LogP contribution in [0.3, 0.4) is 0 Å². The summed E-state index contributed by atoms with van der Waals surface area (Å²) in [6.07, 6.45) is 3.73. The van der Waals surface area contributed by atoms with Crippen molar-refractivity contribution >= 4 is 40.6 Å². The van der Waals surface area contributed by atoms with E-state index in [1.807, 2.05) is 53.4 Å². The van der Waals surface area contributed by atoms with E-state index in [1.54, 1.807) is 30.9 Å². The molecule has 0 spiro atoms. The number of halogens is 2. The Balaban J connectivity index is 1.15. The van der Waals surface area contributed by atoms with Crippen molar-refractivity contribution in [3.63, 3.8) is 0 Å². The van der Waals surface area contributed by atoms with E-state index in [0.29, 0.717) is 101 Å². The second-order valence-electron chi connectivity index (χ2n) is 13.0. The van der Waals surface area contributed by atoms with Gasteiger partial charge in [0.15, 0.2) is 0 Å². The highest BCUT2D eigenvalue weighted by molar-refractivity contribution is 6.39.